The van der Waals surface area contributed by atoms with Crippen molar-refractivity contribution in [1.29, 1.82) is 0 Å². The van der Waals surface area contributed by atoms with Crippen LogP contribution in [0, 0.1) is 0 Å². The lowest BCUT2D eigenvalue weighted by atomic mass is 9.79. The summed E-state index contributed by atoms with van der Waals surface area (Å²) in [5.74, 6) is 0.730. The molecule has 7 nitrogen and oxygen atoms in total. The molecular formula is C18H19N3O4. The fourth-order valence-electron chi connectivity index (χ4n) is 4.63. The molecule has 1 N–H and O–H groups in total. The number of aromatic nitrogens is 3. The number of aromatic hydroxyl groups is 1. The van der Waals surface area contributed by atoms with Crippen molar-refractivity contribution in [3.63, 3.8) is 0 Å². The first-order valence-corrected chi connectivity index (χ1v) is 8.63. The second kappa shape index (κ2) is 4.68. The number of nitrogens with zero attached hydrogens (tertiary/aromatic N) is 3. The molecule has 1 fully saturated rings. The van der Waals surface area contributed by atoms with Gasteiger partial charge in [0.05, 0.1) is 6.54 Å². The monoisotopic (exact) mass is 341 g/mol. The van der Waals surface area contributed by atoms with Crippen molar-refractivity contribution >= 4 is 0 Å². The molecule has 5 rings (SSSR count). The molecule has 2 aliphatic heterocycles. The van der Waals surface area contributed by atoms with Gasteiger partial charge in [-0.1, -0.05) is 6.08 Å². The minimum atomic E-state index is -0.442. The highest BCUT2D eigenvalue weighted by Crippen LogP contribution is 2.52. The van der Waals surface area contributed by atoms with Gasteiger partial charge in [0.25, 0.3) is 0 Å². The molecule has 3 aliphatic rings. The predicted octanol–water partition coefficient (Wildman–Crippen LogP) is 1.29. The standard InChI is InChI=1S/C18H19N3O4/c1-19-16(23)20-9-6-13-15(21(20)17(19)24)12-5-4-11(22)10-14(12)25-18(13)7-2-3-8-18/h4-6,10,15,22H,2-3,7-9H2,1H3. The van der Waals surface area contributed by atoms with Crippen molar-refractivity contribution in [2.24, 2.45) is 7.05 Å². The molecule has 130 valence electrons. The van der Waals surface area contributed by atoms with Gasteiger partial charge in [-0.15, -0.1) is 0 Å². The van der Waals surface area contributed by atoms with Crippen molar-refractivity contribution in [2.45, 2.75) is 43.9 Å². The maximum absolute atomic E-state index is 12.8. The highest BCUT2D eigenvalue weighted by atomic mass is 16.5. The molecule has 3 heterocycles. The van der Waals surface area contributed by atoms with Gasteiger partial charge in [-0.05, 0) is 37.8 Å². The summed E-state index contributed by atoms with van der Waals surface area (Å²) in [6.45, 7) is 0.374. The minimum absolute atomic E-state index is 0.132. The van der Waals surface area contributed by atoms with Gasteiger partial charge in [0.15, 0.2) is 0 Å². The Balaban J connectivity index is 1.83. The normalized spacial score (nSPS) is 22.8. The lowest BCUT2D eigenvalue weighted by Gasteiger charge is -2.44. The highest BCUT2D eigenvalue weighted by Gasteiger charge is 2.50. The number of hydrogen-bond donors (Lipinski definition) is 1. The van der Waals surface area contributed by atoms with E-state index in [4.69, 9.17) is 4.74 Å². The first-order chi connectivity index (χ1) is 12.0. The fraction of sp³-hybridized carbons (Fsp3) is 0.444. The number of allylic oxidation sites excluding steroid dienone is 1. The van der Waals surface area contributed by atoms with Crippen LogP contribution in [0.4, 0.5) is 0 Å². The van der Waals surface area contributed by atoms with E-state index in [-0.39, 0.29) is 23.2 Å². The number of benzene rings is 1. The summed E-state index contributed by atoms with van der Waals surface area (Å²) in [6.07, 6.45) is 5.95. The van der Waals surface area contributed by atoms with E-state index in [1.165, 1.54) is 11.7 Å². The Morgan fingerprint density at radius 2 is 1.96 bits per heavy atom. The molecule has 1 spiro atoms. The average molecular weight is 341 g/mol. The van der Waals surface area contributed by atoms with Gasteiger partial charge >= 0.3 is 11.4 Å². The molecule has 7 heteroatoms. The first kappa shape index (κ1) is 14.6. The van der Waals surface area contributed by atoms with Gasteiger partial charge in [0.1, 0.15) is 23.1 Å². The van der Waals surface area contributed by atoms with E-state index in [0.29, 0.717) is 12.3 Å². The predicted molar refractivity (Wildman–Crippen MR) is 90.1 cm³/mol. The van der Waals surface area contributed by atoms with E-state index >= 15 is 0 Å². The van der Waals surface area contributed by atoms with E-state index in [1.807, 2.05) is 6.08 Å². The third kappa shape index (κ3) is 1.75. The van der Waals surface area contributed by atoms with Crippen molar-refractivity contribution in [3.8, 4) is 11.5 Å². The summed E-state index contributed by atoms with van der Waals surface area (Å²) in [6, 6.07) is 4.62. The zero-order valence-electron chi connectivity index (χ0n) is 13.9. The average Bonchev–Trinajstić information content (AvgIpc) is 3.15. The van der Waals surface area contributed by atoms with E-state index in [1.54, 1.807) is 22.9 Å². The Labute approximate surface area is 143 Å². The third-order valence-electron chi connectivity index (χ3n) is 5.81. The summed E-state index contributed by atoms with van der Waals surface area (Å²) in [5.41, 5.74) is 0.795. The van der Waals surface area contributed by atoms with Crippen LogP contribution in [0.1, 0.15) is 37.3 Å². The van der Waals surface area contributed by atoms with E-state index in [2.05, 4.69) is 0 Å². The quantitative estimate of drug-likeness (QED) is 0.733. The van der Waals surface area contributed by atoms with E-state index in [9.17, 15) is 14.7 Å². The van der Waals surface area contributed by atoms with Gasteiger partial charge in [0, 0.05) is 24.3 Å². The zero-order valence-corrected chi connectivity index (χ0v) is 13.9. The number of rotatable bonds is 0. The number of ether oxygens (including phenoxy) is 1. The van der Waals surface area contributed by atoms with Crippen LogP contribution in [0.25, 0.3) is 0 Å². The minimum Gasteiger partial charge on any atom is -0.508 e. The largest absolute Gasteiger partial charge is 0.508 e. The molecule has 0 bridgehead atoms. The summed E-state index contributed by atoms with van der Waals surface area (Å²) in [4.78, 5) is 25.1. The van der Waals surface area contributed by atoms with Crippen molar-refractivity contribution < 1.29 is 9.84 Å². The summed E-state index contributed by atoms with van der Waals surface area (Å²) < 4.78 is 10.6. The van der Waals surface area contributed by atoms with Crippen LogP contribution in [0.5, 0.6) is 11.5 Å². The molecule has 2 aromatic rings. The topological polar surface area (TPSA) is 78.4 Å². The summed E-state index contributed by atoms with van der Waals surface area (Å²) in [7, 11) is 1.51. The van der Waals surface area contributed by atoms with Crippen LogP contribution in [0.2, 0.25) is 0 Å². The lowest BCUT2D eigenvalue weighted by Crippen LogP contribution is -2.48. The van der Waals surface area contributed by atoms with Crippen molar-refractivity contribution in [3.05, 3.63) is 56.4 Å². The third-order valence-corrected chi connectivity index (χ3v) is 5.81. The van der Waals surface area contributed by atoms with Gasteiger partial charge in [-0.25, -0.2) is 23.5 Å². The van der Waals surface area contributed by atoms with Crippen LogP contribution in [0.15, 0.2) is 39.4 Å². The second-order valence-corrected chi connectivity index (χ2v) is 7.14. The van der Waals surface area contributed by atoms with Gasteiger partial charge in [0.2, 0.25) is 0 Å². The molecule has 1 saturated carbocycles. The molecule has 0 amide bonds. The number of phenolic OH excluding ortho intramolecular Hbond substituents is 1. The van der Waals surface area contributed by atoms with Crippen LogP contribution < -0.4 is 16.1 Å². The highest BCUT2D eigenvalue weighted by molar-refractivity contribution is 5.51. The van der Waals surface area contributed by atoms with Gasteiger partial charge in [-0.3, -0.25) is 0 Å². The lowest BCUT2D eigenvalue weighted by molar-refractivity contribution is 0.0830. The second-order valence-electron chi connectivity index (χ2n) is 7.14. The molecule has 0 radical (unpaired) electrons. The number of phenols is 1. The van der Waals surface area contributed by atoms with E-state index < -0.39 is 5.60 Å². The van der Waals surface area contributed by atoms with Gasteiger partial charge in [-0.2, -0.15) is 0 Å². The molecule has 1 aromatic heterocycles. The van der Waals surface area contributed by atoms with Gasteiger partial charge < -0.3 is 9.84 Å². The molecule has 1 aliphatic carbocycles. The van der Waals surface area contributed by atoms with E-state index in [0.717, 1.165) is 41.4 Å². The smallest absolute Gasteiger partial charge is 0.347 e. The van der Waals surface area contributed by atoms with Crippen LogP contribution in [-0.4, -0.2) is 24.6 Å². The van der Waals surface area contributed by atoms with Crippen LogP contribution >= 0.6 is 0 Å². The fourth-order valence-corrected chi connectivity index (χ4v) is 4.63. The van der Waals surface area contributed by atoms with Crippen LogP contribution in [-0.2, 0) is 13.6 Å². The van der Waals surface area contributed by atoms with Crippen molar-refractivity contribution in [2.75, 3.05) is 0 Å². The SMILES string of the molecule is Cn1c(=O)n2n(c1=O)C1C(=CC2)C2(CCCC2)Oc2cc(O)ccc21. The Kier molecular flexibility index (Phi) is 2.74. The van der Waals surface area contributed by atoms with Crippen molar-refractivity contribution in [1.82, 2.24) is 13.9 Å². The number of fused-ring (bicyclic) bond motifs is 6. The molecular weight excluding hydrogens is 322 g/mol. The molecule has 1 atom stereocenters. The maximum Gasteiger partial charge on any atom is 0.347 e. The Morgan fingerprint density at radius 1 is 1.20 bits per heavy atom. The zero-order chi connectivity index (χ0) is 17.3. The Morgan fingerprint density at radius 3 is 2.72 bits per heavy atom. The number of hydrogen-bond acceptors (Lipinski definition) is 4. The summed E-state index contributed by atoms with van der Waals surface area (Å²) >= 11 is 0. The maximum atomic E-state index is 12.8. The molecule has 1 aromatic carbocycles. The first-order valence-electron chi connectivity index (χ1n) is 8.63. The Hall–Kier alpha value is -2.70. The molecule has 0 saturated heterocycles. The molecule has 25 heavy (non-hydrogen) atoms. The molecule has 1 unspecified atom stereocenters. The summed E-state index contributed by atoms with van der Waals surface area (Å²) in [5, 5.41) is 9.89. The van der Waals surface area contributed by atoms with Crippen LogP contribution in [0.3, 0.4) is 0 Å². The Bertz CT molecular complexity index is 1030.